The van der Waals surface area contributed by atoms with Crippen molar-refractivity contribution >= 4 is 30.7 Å². The van der Waals surface area contributed by atoms with Crippen LogP contribution in [-0.2, 0) is 17.8 Å². The van der Waals surface area contributed by atoms with Crippen LogP contribution in [0.2, 0.25) is 0 Å². The lowest BCUT2D eigenvalue weighted by atomic mass is 9.89. The van der Waals surface area contributed by atoms with Gasteiger partial charge in [-0.05, 0) is 30.7 Å². The number of aromatic nitrogens is 2. The standard InChI is InChI=1S/C22H30N4O2.2ClH/c1-4-20-23-10-12-25(20)11-9-21(27)26-14-17-13-24(2)22(19(17)15-26)16-5-7-18(28-3)8-6-16;;/h5-8,10,12,17,19,22H,4,9,11,13-15H2,1-3H3;2*1H/t17-,19+,22-;;/m0../s1. The first kappa shape index (κ1) is 24.5. The quantitative estimate of drug-likeness (QED) is 0.670. The van der Waals surface area contributed by atoms with E-state index in [-0.39, 0.29) is 30.7 Å². The van der Waals surface area contributed by atoms with Gasteiger partial charge in [-0.1, -0.05) is 19.1 Å². The number of carbonyl (C=O) groups excluding carboxylic acids is 1. The fourth-order valence-electron chi connectivity index (χ4n) is 5.00. The van der Waals surface area contributed by atoms with Gasteiger partial charge >= 0.3 is 0 Å². The van der Waals surface area contributed by atoms with Crippen molar-refractivity contribution in [2.24, 2.45) is 11.8 Å². The Morgan fingerprint density at radius 3 is 2.57 bits per heavy atom. The van der Waals surface area contributed by atoms with E-state index in [1.54, 1.807) is 7.11 Å². The van der Waals surface area contributed by atoms with Gasteiger partial charge in [0.2, 0.25) is 5.91 Å². The van der Waals surface area contributed by atoms with E-state index in [2.05, 4.69) is 45.5 Å². The molecule has 0 N–H and O–H groups in total. The number of imidazole rings is 1. The molecule has 2 fully saturated rings. The van der Waals surface area contributed by atoms with Crippen LogP contribution in [0.4, 0.5) is 0 Å². The molecule has 0 unspecified atom stereocenters. The Kier molecular flexibility index (Phi) is 8.59. The summed E-state index contributed by atoms with van der Waals surface area (Å²) in [7, 11) is 3.89. The molecule has 1 amide bonds. The van der Waals surface area contributed by atoms with Crippen molar-refractivity contribution < 1.29 is 9.53 Å². The molecule has 0 bridgehead atoms. The van der Waals surface area contributed by atoms with Crippen LogP contribution >= 0.6 is 24.8 Å². The Hall–Kier alpha value is -1.76. The third-order valence-corrected chi connectivity index (χ3v) is 6.39. The lowest BCUT2D eigenvalue weighted by molar-refractivity contribution is -0.130. The Bertz CT molecular complexity index is 827. The van der Waals surface area contributed by atoms with Crippen LogP contribution in [0.25, 0.3) is 0 Å². The minimum absolute atomic E-state index is 0. The average molecular weight is 455 g/mol. The monoisotopic (exact) mass is 454 g/mol. The molecular weight excluding hydrogens is 423 g/mol. The molecule has 0 aliphatic carbocycles. The molecule has 1 aromatic carbocycles. The van der Waals surface area contributed by atoms with E-state index < -0.39 is 0 Å². The van der Waals surface area contributed by atoms with Crippen molar-refractivity contribution in [3.05, 3.63) is 48.0 Å². The zero-order valence-electron chi connectivity index (χ0n) is 17.9. The van der Waals surface area contributed by atoms with Gasteiger partial charge in [0.05, 0.1) is 7.11 Å². The summed E-state index contributed by atoms with van der Waals surface area (Å²) >= 11 is 0. The van der Waals surface area contributed by atoms with Crippen molar-refractivity contribution in [2.75, 3.05) is 33.8 Å². The second-order valence-corrected chi connectivity index (χ2v) is 8.02. The van der Waals surface area contributed by atoms with Gasteiger partial charge in [-0.3, -0.25) is 9.69 Å². The van der Waals surface area contributed by atoms with Crippen molar-refractivity contribution in [2.45, 2.75) is 32.4 Å². The van der Waals surface area contributed by atoms with Gasteiger partial charge in [-0.2, -0.15) is 0 Å². The van der Waals surface area contributed by atoms with Crippen LogP contribution in [0, 0.1) is 11.8 Å². The zero-order chi connectivity index (χ0) is 19.7. The van der Waals surface area contributed by atoms with Gasteiger partial charge < -0.3 is 14.2 Å². The predicted octanol–water partition coefficient (Wildman–Crippen LogP) is 3.45. The first-order chi connectivity index (χ1) is 13.6. The summed E-state index contributed by atoms with van der Waals surface area (Å²) in [6.45, 7) is 5.60. The van der Waals surface area contributed by atoms with Gasteiger partial charge in [-0.25, -0.2) is 4.98 Å². The predicted molar refractivity (Wildman–Crippen MR) is 123 cm³/mol. The van der Waals surface area contributed by atoms with E-state index in [1.165, 1.54) is 5.56 Å². The SMILES string of the molecule is CCc1nccn1CCC(=O)N1C[C@@H]2CN(C)[C@@H](c3ccc(OC)cc3)[C@@H]2C1.Cl.Cl. The number of benzene rings is 1. The number of nitrogens with zero attached hydrogens (tertiary/aromatic N) is 4. The Morgan fingerprint density at radius 1 is 1.17 bits per heavy atom. The van der Waals surface area contributed by atoms with Crippen LogP contribution in [0.3, 0.4) is 0 Å². The second kappa shape index (κ2) is 10.5. The van der Waals surface area contributed by atoms with E-state index in [1.807, 2.05) is 24.5 Å². The summed E-state index contributed by atoms with van der Waals surface area (Å²) in [6, 6.07) is 8.76. The lowest BCUT2D eigenvalue weighted by Gasteiger charge is -2.27. The van der Waals surface area contributed by atoms with Gasteiger partial charge in [-0.15, -0.1) is 24.8 Å². The molecule has 6 nitrogen and oxygen atoms in total. The highest BCUT2D eigenvalue weighted by molar-refractivity contribution is 5.85. The van der Waals surface area contributed by atoms with Crippen LogP contribution < -0.4 is 4.74 Å². The van der Waals surface area contributed by atoms with Gasteiger partial charge in [0.25, 0.3) is 0 Å². The average Bonchev–Trinajstić information content (AvgIpc) is 3.40. The van der Waals surface area contributed by atoms with E-state index in [9.17, 15) is 4.79 Å². The number of likely N-dealkylation sites (tertiary alicyclic amines) is 2. The molecule has 8 heteroatoms. The molecule has 0 saturated carbocycles. The number of halogens is 2. The maximum Gasteiger partial charge on any atom is 0.224 e. The molecule has 2 aromatic rings. The molecule has 0 radical (unpaired) electrons. The summed E-state index contributed by atoms with van der Waals surface area (Å²) in [5, 5.41) is 0. The number of hydrogen-bond acceptors (Lipinski definition) is 4. The Morgan fingerprint density at radius 2 is 1.90 bits per heavy atom. The lowest BCUT2D eigenvalue weighted by Crippen LogP contribution is -2.33. The molecule has 2 aliphatic rings. The molecule has 3 atom stereocenters. The number of rotatable bonds is 6. The highest BCUT2D eigenvalue weighted by Crippen LogP contribution is 2.44. The van der Waals surface area contributed by atoms with E-state index >= 15 is 0 Å². The van der Waals surface area contributed by atoms with Crippen molar-refractivity contribution in [3.63, 3.8) is 0 Å². The Balaban J connectivity index is 0.00000160. The fraction of sp³-hybridized carbons (Fsp3) is 0.545. The third kappa shape index (κ3) is 4.76. The maximum atomic E-state index is 12.8. The van der Waals surface area contributed by atoms with Crippen LogP contribution in [0.15, 0.2) is 36.7 Å². The molecule has 1 aromatic heterocycles. The van der Waals surface area contributed by atoms with E-state index in [4.69, 9.17) is 4.74 Å². The minimum Gasteiger partial charge on any atom is -0.497 e. The third-order valence-electron chi connectivity index (χ3n) is 6.39. The summed E-state index contributed by atoms with van der Waals surface area (Å²) in [4.78, 5) is 21.7. The fourth-order valence-corrected chi connectivity index (χ4v) is 5.00. The smallest absolute Gasteiger partial charge is 0.224 e. The molecule has 0 spiro atoms. The van der Waals surface area contributed by atoms with E-state index in [0.29, 0.717) is 24.3 Å². The first-order valence-corrected chi connectivity index (χ1v) is 10.2. The molecule has 2 aliphatic heterocycles. The van der Waals surface area contributed by atoms with Gasteiger partial charge in [0.15, 0.2) is 0 Å². The largest absolute Gasteiger partial charge is 0.497 e. The van der Waals surface area contributed by atoms with Crippen LogP contribution in [0.1, 0.15) is 30.8 Å². The van der Waals surface area contributed by atoms with Crippen LogP contribution in [0.5, 0.6) is 5.75 Å². The number of methoxy groups -OCH3 is 1. The summed E-state index contributed by atoms with van der Waals surface area (Å²) < 4.78 is 7.39. The number of fused-ring (bicyclic) bond motifs is 1. The van der Waals surface area contributed by atoms with Crippen molar-refractivity contribution in [1.29, 1.82) is 0 Å². The summed E-state index contributed by atoms with van der Waals surface area (Å²) in [5.74, 6) is 3.26. The molecule has 166 valence electrons. The van der Waals surface area contributed by atoms with Crippen molar-refractivity contribution in [1.82, 2.24) is 19.4 Å². The topological polar surface area (TPSA) is 50.6 Å². The molecule has 4 rings (SSSR count). The normalized spacial score (nSPS) is 22.9. The summed E-state index contributed by atoms with van der Waals surface area (Å²) in [5.41, 5.74) is 1.32. The van der Waals surface area contributed by atoms with Gasteiger partial charge in [0.1, 0.15) is 11.6 Å². The molecular formula is C22H32Cl2N4O2. The highest BCUT2D eigenvalue weighted by atomic mass is 35.5. The number of carbonyl (C=O) groups is 1. The minimum atomic E-state index is 0. The van der Waals surface area contributed by atoms with E-state index in [0.717, 1.165) is 44.2 Å². The first-order valence-electron chi connectivity index (χ1n) is 10.2. The number of ether oxygens (including phenoxy) is 1. The van der Waals surface area contributed by atoms with Crippen molar-refractivity contribution in [3.8, 4) is 5.75 Å². The molecule has 2 saturated heterocycles. The van der Waals surface area contributed by atoms with Crippen LogP contribution in [-0.4, -0.2) is 59.0 Å². The summed E-state index contributed by atoms with van der Waals surface area (Å²) in [6.07, 6.45) is 5.23. The van der Waals surface area contributed by atoms with Gasteiger partial charge in [0, 0.05) is 63.4 Å². The maximum absolute atomic E-state index is 12.8. The highest BCUT2D eigenvalue weighted by Gasteiger charge is 2.47. The number of amides is 1. The molecule has 3 heterocycles. The Labute approximate surface area is 191 Å². The second-order valence-electron chi connectivity index (χ2n) is 8.02. The zero-order valence-corrected chi connectivity index (χ0v) is 19.5. The number of hydrogen-bond donors (Lipinski definition) is 0. The number of aryl methyl sites for hydroxylation is 2. The molecule has 30 heavy (non-hydrogen) atoms.